The summed E-state index contributed by atoms with van der Waals surface area (Å²) in [4.78, 5) is 12.5. The Morgan fingerprint density at radius 2 is 1.83 bits per heavy atom. The van der Waals surface area contributed by atoms with Crippen molar-refractivity contribution in [2.45, 2.75) is 25.1 Å². The van der Waals surface area contributed by atoms with Crippen LogP contribution in [0.4, 0.5) is 19.0 Å². The molecule has 0 spiro atoms. The number of rotatable bonds is 8. The molecular formula is C25H30ClF3N4O2. The Balaban J connectivity index is 0.00000342. The topological polar surface area (TPSA) is 61.7 Å². The van der Waals surface area contributed by atoms with Crippen molar-refractivity contribution in [1.82, 2.24) is 14.9 Å². The largest absolute Gasteiger partial charge is 0.491 e. The molecule has 35 heavy (non-hydrogen) atoms. The summed E-state index contributed by atoms with van der Waals surface area (Å²) < 4.78 is 44.6. The lowest BCUT2D eigenvalue weighted by Gasteiger charge is -2.35. The minimum absolute atomic E-state index is 0. The number of halogens is 4. The van der Waals surface area contributed by atoms with E-state index >= 15 is 0 Å². The molecule has 1 N–H and O–H groups in total. The van der Waals surface area contributed by atoms with E-state index in [1.54, 1.807) is 0 Å². The highest BCUT2D eigenvalue weighted by Gasteiger charge is 2.33. The van der Waals surface area contributed by atoms with Gasteiger partial charge in [0.2, 0.25) is 0 Å². The van der Waals surface area contributed by atoms with Crippen molar-refractivity contribution in [2.75, 3.05) is 44.7 Å². The Hall–Kier alpha value is -2.62. The van der Waals surface area contributed by atoms with Gasteiger partial charge in [-0.1, -0.05) is 18.2 Å². The van der Waals surface area contributed by atoms with Gasteiger partial charge in [-0.15, -0.1) is 12.4 Å². The molecule has 190 valence electrons. The van der Waals surface area contributed by atoms with Crippen LogP contribution in [0.15, 0.2) is 54.7 Å². The summed E-state index contributed by atoms with van der Waals surface area (Å²) in [7, 11) is 1.99. The Kier molecular flexibility index (Phi) is 9.15. The van der Waals surface area contributed by atoms with E-state index in [9.17, 15) is 18.3 Å². The predicted molar refractivity (Wildman–Crippen MR) is 132 cm³/mol. The van der Waals surface area contributed by atoms with Crippen LogP contribution in [0.3, 0.4) is 0 Å². The number of benzene rings is 1. The minimum atomic E-state index is -4.47. The second-order valence-corrected chi connectivity index (χ2v) is 8.83. The van der Waals surface area contributed by atoms with Gasteiger partial charge in [0.1, 0.15) is 30.0 Å². The van der Waals surface area contributed by atoms with Gasteiger partial charge in [-0.25, -0.2) is 9.97 Å². The average Bonchev–Trinajstić information content (AvgIpc) is 2.82. The summed E-state index contributed by atoms with van der Waals surface area (Å²) >= 11 is 0. The van der Waals surface area contributed by atoms with E-state index in [0.717, 1.165) is 44.3 Å². The fourth-order valence-electron chi connectivity index (χ4n) is 4.41. The zero-order valence-electron chi connectivity index (χ0n) is 19.5. The van der Waals surface area contributed by atoms with Crippen molar-refractivity contribution >= 4 is 29.1 Å². The Bertz CT molecular complexity index is 1080. The van der Waals surface area contributed by atoms with E-state index in [2.05, 4.69) is 19.8 Å². The molecule has 3 aromatic rings. The number of aliphatic hydroxyl groups is 1. The number of piperidine rings is 1. The number of hydrogen-bond acceptors (Lipinski definition) is 6. The van der Waals surface area contributed by atoms with Gasteiger partial charge in [0, 0.05) is 37.8 Å². The second kappa shape index (κ2) is 11.9. The van der Waals surface area contributed by atoms with E-state index in [0.29, 0.717) is 29.2 Å². The Morgan fingerprint density at radius 1 is 1.11 bits per heavy atom. The molecule has 0 saturated carbocycles. The molecule has 10 heteroatoms. The van der Waals surface area contributed by atoms with Crippen molar-refractivity contribution in [3.05, 3.63) is 60.4 Å². The monoisotopic (exact) mass is 510 g/mol. The summed E-state index contributed by atoms with van der Waals surface area (Å²) in [5.74, 6) is 1.89. The maximum absolute atomic E-state index is 13.0. The van der Waals surface area contributed by atoms with Crippen LogP contribution in [0.25, 0.3) is 10.9 Å². The predicted octanol–water partition coefficient (Wildman–Crippen LogP) is 4.66. The average molecular weight is 511 g/mol. The zero-order chi connectivity index (χ0) is 24.1. The first-order chi connectivity index (χ1) is 16.3. The van der Waals surface area contributed by atoms with Gasteiger partial charge in [0.15, 0.2) is 0 Å². The van der Waals surface area contributed by atoms with E-state index < -0.39 is 18.0 Å². The van der Waals surface area contributed by atoms with Gasteiger partial charge in [-0.3, -0.25) is 0 Å². The molecule has 1 unspecified atom stereocenters. The molecule has 1 aromatic carbocycles. The lowest BCUT2D eigenvalue weighted by molar-refractivity contribution is -0.140. The quantitative estimate of drug-likeness (QED) is 0.475. The molecule has 1 aliphatic heterocycles. The van der Waals surface area contributed by atoms with Crippen LogP contribution in [0.5, 0.6) is 5.75 Å². The number of alkyl halides is 3. The summed E-state index contributed by atoms with van der Waals surface area (Å²) in [5, 5.41) is 10.9. The fraction of sp³-hybridized carbons (Fsp3) is 0.440. The molecule has 1 aliphatic rings. The van der Waals surface area contributed by atoms with Crippen LogP contribution in [0.1, 0.15) is 18.5 Å². The number of likely N-dealkylation sites (N-methyl/N-ethyl adjacent to an activating group) is 1. The fourth-order valence-corrected chi connectivity index (χ4v) is 4.41. The smallest absolute Gasteiger partial charge is 0.433 e. The van der Waals surface area contributed by atoms with Crippen molar-refractivity contribution in [2.24, 2.45) is 5.92 Å². The maximum Gasteiger partial charge on any atom is 0.433 e. The third-order valence-electron chi connectivity index (χ3n) is 6.08. The molecule has 0 radical (unpaired) electrons. The number of pyridine rings is 2. The number of ether oxygens (including phenoxy) is 1. The molecule has 0 amide bonds. The van der Waals surface area contributed by atoms with Crippen molar-refractivity contribution in [3.8, 4) is 5.75 Å². The van der Waals surface area contributed by atoms with Crippen LogP contribution in [-0.2, 0) is 6.18 Å². The van der Waals surface area contributed by atoms with Crippen molar-refractivity contribution in [3.63, 3.8) is 0 Å². The summed E-state index contributed by atoms with van der Waals surface area (Å²) in [5.41, 5.74) is -0.594. The van der Waals surface area contributed by atoms with Crippen LogP contribution >= 0.6 is 12.4 Å². The first kappa shape index (κ1) is 27.0. The lowest BCUT2D eigenvalue weighted by Crippen LogP contribution is -2.40. The van der Waals surface area contributed by atoms with E-state index in [1.807, 2.05) is 37.4 Å². The van der Waals surface area contributed by atoms with Gasteiger partial charge in [-0.2, -0.15) is 13.2 Å². The molecule has 3 heterocycles. The molecule has 1 saturated heterocycles. The van der Waals surface area contributed by atoms with E-state index in [4.69, 9.17) is 4.74 Å². The molecule has 0 bridgehead atoms. The van der Waals surface area contributed by atoms with Crippen LogP contribution in [0, 0.1) is 5.92 Å². The highest BCUT2D eigenvalue weighted by Crippen LogP contribution is 2.32. The first-order valence-corrected chi connectivity index (χ1v) is 11.4. The molecule has 4 rings (SSSR count). The van der Waals surface area contributed by atoms with Gasteiger partial charge in [-0.05, 0) is 56.1 Å². The SMILES string of the molecule is CN(CC(O)COc1ccccc1)CC1CCN(c2nccc3nc(C(F)(F)F)ccc23)CC1.Cl. The maximum atomic E-state index is 13.0. The second-order valence-electron chi connectivity index (χ2n) is 8.83. The summed E-state index contributed by atoms with van der Waals surface area (Å²) in [6.07, 6.45) is -1.66. The van der Waals surface area contributed by atoms with Crippen molar-refractivity contribution in [1.29, 1.82) is 0 Å². The van der Waals surface area contributed by atoms with E-state index in [1.165, 1.54) is 18.3 Å². The first-order valence-electron chi connectivity index (χ1n) is 11.4. The standard InChI is InChI=1S/C25H29F3N4O2.ClH/c1-31(16-19(33)17-34-20-5-3-2-4-6-20)15-18-10-13-32(14-11-18)24-21-7-8-23(25(26,27)28)30-22(21)9-12-29-24;/h2-9,12,18-19,33H,10-11,13-17H2,1H3;1H. The molecule has 6 nitrogen and oxygen atoms in total. The zero-order valence-corrected chi connectivity index (χ0v) is 20.3. The number of para-hydroxylation sites is 1. The number of hydrogen-bond donors (Lipinski definition) is 1. The highest BCUT2D eigenvalue weighted by molar-refractivity contribution is 5.89. The Labute approximate surface area is 209 Å². The number of aliphatic hydroxyl groups excluding tert-OH is 1. The van der Waals surface area contributed by atoms with Crippen LogP contribution in [0.2, 0.25) is 0 Å². The van der Waals surface area contributed by atoms with Gasteiger partial charge in [0.25, 0.3) is 0 Å². The number of fused-ring (bicyclic) bond motifs is 1. The summed E-state index contributed by atoms with van der Waals surface area (Å²) in [6.45, 7) is 3.15. The van der Waals surface area contributed by atoms with Gasteiger partial charge in [0.05, 0.1) is 5.52 Å². The van der Waals surface area contributed by atoms with Crippen LogP contribution < -0.4 is 9.64 Å². The summed E-state index contributed by atoms with van der Waals surface area (Å²) in [6, 6.07) is 13.4. The number of nitrogens with zero attached hydrogens (tertiary/aromatic N) is 4. The van der Waals surface area contributed by atoms with Crippen LogP contribution in [-0.4, -0.2) is 65.9 Å². The highest BCUT2D eigenvalue weighted by atomic mass is 35.5. The normalized spacial score (nSPS) is 15.8. The molecule has 0 aliphatic carbocycles. The molecule has 1 fully saturated rings. The number of anilines is 1. The number of aromatic nitrogens is 2. The van der Waals surface area contributed by atoms with Crippen molar-refractivity contribution < 1.29 is 23.0 Å². The molecular weight excluding hydrogens is 481 g/mol. The Morgan fingerprint density at radius 3 is 2.51 bits per heavy atom. The minimum Gasteiger partial charge on any atom is -0.491 e. The lowest BCUT2D eigenvalue weighted by atomic mass is 9.96. The van der Waals surface area contributed by atoms with E-state index in [-0.39, 0.29) is 19.0 Å². The van der Waals surface area contributed by atoms with Gasteiger partial charge < -0.3 is 19.6 Å². The van der Waals surface area contributed by atoms with Gasteiger partial charge >= 0.3 is 6.18 Å². The third kappa shape index (κ3) is 7.19. The third-order valence-corrected chi connectivity index (χ3v) is 6.08. The molecule has 2 aromatic heterocycles. The molecule has 1 atom stereocenters.